The van der Waals surface area contributed by atoms with E-state index in [0.717, 1.165) is 16.9 Å². The van der Waals surface area contributed by atoms with Gasteiger partial charge in [-0.15, -0.1) is 11.3 Å². The third-order valence-electron chi connectivity index (χ3n) is 3.47. The fourth-order valence-corrected chi connectivity index (χ4v) is 3.40. The molecule has 1 amide bonds. The maximum absolute atomic E-state index is 11.9. The molecular weight excluding hydrogens is 264 g/mol. The number of aliphatic carboxylic acids is 1. The molecule has 2 rings (SSSR count). The highest BCUT2D eigenvalue weighted by Gasteiger charge is 2.38. The van der Waals surface area contributed by atoms with Gasteiger partial charge in [0.15, 0.2) is 0 Å². The number of carboxylic acid groups (broad SMARTS) is 1. The molecule has 19 heavy (non-hydrogen) atoms. The van der Waals surface area contributed by atoms with Gasteiger partial charge in [0.1, 0.15) is 6.04 Å². The van der Waals surface area contributed by atoms with E-state index in [-0.39, 0.29) is 5.91 Å². The fraction of sp³-hybridized carbons (Fsp3) is 0.538. The van der Waals surface area contributed by atoms with Gasteiger partial charge in [-0.25, -0.2) is 0 Å². The quantitative estimate of drug-likeness (QED) is 0.872. The molecule has 1 aliphatic rings. The molecule has 0 radical (unpaired) electrons. The summed E-state index contributed by atoms with van der Waals surface area (Å²) in [4.78, 5) is 26.3. The third kappa shape index (κ3) is 2.64. The van der Waals surface area contributed by atoms with Gasteiger partial charge in [-0.2, -0.15) is 0 Å². The zero-order valence-electron chi connectivity index (χ0n) is 11.0. The average Bonchev–Trinajstić information content (AvgIpc) is 2.84. The SMILES string of the molecule is CCNC(=O)C(C)N1CCc2sccc2C1C(=O)O. The van der Waals surface area contributed by atoms with Crippen LogP contribution in [0.3, 0.4) is 0 Å². The summed E-state index contributed by atoms with van der Waals surface area (Å²) in [5, 5.41) is 14.1. The number of hydrogen-bond acceptors (Lipinski definition) is 4. The minimum absolute atomic E-state index is 0.118. The molecule has 1 aromatic rings. The van der Waals surface area contributed by atoms with Crippen LogP contribution in [0.4, 0.5) is 0 Å². The fourth-order valence-electron chi connectivity index (χ4n) is 2.50. The first kappa shape index (κ1) is 14.0. The number of likely N-dealkylation sites (N-methyl/N-ethyl adjacent to an activating group) is 1. The zero-order chi connectivity index (χ0) is 14.0. The smallest absolute Gasteiger partial charge is 0.325 e. The lowest BCUT2D eigenvalue weighted by atomic mass is 9.98. The van der Waals surface area contributed by atoms with Crippen molar-refractivity contribution in [3.05, 3.63) is 21.9 Å². The summed E-state index contributed by atoms with van der Waals surface area (Å²) in [7, 11) is 0. The number of carbonyl (C=O) groups is 2. The first-order valence-electron chi connectivity index (χ1n) is 6.38. The Balaban J connectivity index is 2.26. The van der Waals surface area contributed by atoms with Crippen molar-refractivity contribution in [2.75, 3.05) is 13.1 Å². The van der Waals surface area contributed by atoms with Crippen LogP contribution in [0.5, 0.6) is 0 Å². The summed E-state index contributed by atoms with van der Waals surface area (Å²) in [5.74, 6) is -1.01. The van der Waals surface area contributed by atoms with Gasteiger partial charge >= 0.3 is 5.97 Å². The molecule has 0 fully saturated rings. The first-order valence-corrected chi connectivity index (χ1v) is 7.26. The lowest BCUT2D eigenvalue weighted by Crippen LogP contribution is -2.50. The van der Waals surface area contributed by atoms with Crippen molar-refractivity contribution in [2.45, 2.75) is 32.4 Å². The van der Waals surface area contributed by atoms with Crippen LogP contribution < -0.4 is 5.32 Å². The van der Waals surface area contributed by atoms with Crippen LogP contribution in [0, 0.1) is 0 Å². The standard InChI is InChI=1S/C13H18N2O3S/c1-3-14-12(16)8(2)15-6-4-10-9(5-7-19-10)11(15)13(17)18/h5,7-8,11H,3-4,6H2,1-2H3,(H,14,16)(H,17,18). The van der Waals surface area contributed by atoms with E-state index in [0.29, 0.717) is 13.1 Å². The molecule has 2 atom stereocenters. The molecule has 0 spiro atoms. The van der Waals surface area contributed by atoms with Crippen molar-refractivity contribution in [3.63, 3.8) is 0 Å². The van der Waals surface area contributed by atoms with Crippen LogP contribution >= 0.6 is 11.3 Å². The van der Waals surface area contributed by atoms with Crippen molar-refractivity contribution in [1.82, 2.24) is 10.2 Å². The number of nitrogens with one attached hydrogen (secondary N) is 1. The Kier molecular flexibility index (Phi) is 4.21. The molecular formula is C13H18N2O3S. The van der Waals surface area contributed by atoms with Crippen molar-refractivity contribution in [2.24, 2.45) is 0 Å². The Morgan fingerprint density at radius 1 is 1.63 bits per heavy atom. The minimum Gasteiger partial charge on any atom is -0.480 e. The Labute approximate surface area is 116 Å². The highest BCUT2D eigenvalue weighted by molar-refractivity contribution is 7.10. The highest BCUT2D eigenvalue weighted by Crippen LogP contribution is 2.34. The van der Waals surface area contributed by atoms with Gasteiger partial charge in [0, 0.05) is 18.0 Å². The van der Waals surface area contributed by atoms with E-state index in [2.05, 4.69) is 5.32 Å². The van der Waals surface area contributed by atoms with Gasteiger partial charge in [-0.1, -0.05) is 0 Å². The number of carbonyl (C=O) groups excluding carboxylic acids is 1. The second-order valence-corrected chi connectivity index (χ2v) is 5.60. The molecule has 104 valence electrons. The van der Waals surface area contributed by atoms with Gasteiger partial charge in [-0.05, 0) is 37.3 Å². The molecule has 1 aromatic heterocycles. The predicted molar refractivity (Wildman–Crippen MR) is 73.3 cm³/mol. The third-order valence-corrected chi connectivity index (χ3v) is 4.46. The van der Waals surface area contributed by atoms with Crippen LogP contribution in [0.25, 0.3) is 0 Å². The molecule has 5 nitrogen and oxygen atoms in total. The molecule has 2 heterocycles. The van der Waals surface area contributed by atoms with E-state index < -0.39 is 18.1 Å². The van der Waals surface area contributed by atoms with E-state index >= 15 is 0 Å². The molecule has 0 aromatic carbocycles. The van der Waals surface area contributed by atoms with E-state index in [4.69, 9.17) is 0 Å². The summed E-state index contributed by atoms with van der Waals surface area (Å²) < 4.78 is 0. The topological polar surface area (TPSA) is 69.6 Å². The summed E-state index contributed by atoms with van der Waals surface area (Å²) in [5.41, 5.74) is 0.833. The van der Waals surface area contributed by atoms with Crippen LogP contribution in [0.1, 0.15) is 30.3 Å². The van der Waals surface area contributed by atoms with Crippen molar-refractivity contribution in [3.8, 4) is 0 Å². The summed E-state index contributed by atoms with van der Waals surface area (Å²) in [6.07, 6.45) is 0.806. The summed E-state index contributed by atoms with van der Waals surface area (Å²) >= 11 is 1.59. The Hall–Kier alpha value is -1.40. The first-order chi connectivity index (χ1) is 9.06. The van der Waals surface area contributed by atoms with Crippen molar-refractivity contribution in [1.29, 1.82) is 0 Å². The maximum atomic E-state index is 11.9. The molecule has 0 bridgehead atoms. The van der Waals surface area contributed by atoms with Crippen LogP contribution in [-0.2, 0) is 16.0 Å². The largest absolute Gasteiger partial charge is 0.480 e. The molecule has 2 N–H and O–H groups in total. The second kappa shape index (κ2) is 5.71. The minimum atomic E-state index is -0.893. The zero-order valence-corrected chi connectivity index (χ0v) is 11.9. The maximum Gasteiger partial charge on any atom is 0.325 e. The Bertz CT molecular complexity index is 486. The van der Waals surface area contributed by atoms with E-state index in [1.807, 2.05) is 18.4 Å². The summed E-state index contributed by atoms with van der Waals surface area (Å²) in [6, 6.07) is 0.705. The molecule has 1 aliphatic heterocycles. The van der Waals surface area contributed by atoms with Crippen molar-refractivity contribution >= 4 is 23.2 Å². The number of thiophene rings is 1. The van der Waals surface area contributed by atoms with Crippen molar-refractivity contribution < 1.29 is 14.7 Å². The van der Waals surface area contributed by atoms with Crippen LogP contribution in [0.15, 0.2) is 11.4 Å². The molecule has 0 saturated heterocycles. The molecule has 2 unspecified atom stereocenters. The highest BCUT2D eigenvalue weighted by atomic mass is 32.1. The van der Waals surface area contributed by atoms with E-state index in [1.165, 1.54) is 0 Å². The Morgan fingerprint density at radius 2 is 2.37 bits per heavy atom. The van der Waals surface area contributed by atoms with Gasteiger partial charge in [0.05, 0.1) is 6.04 Å². The molecule has 0 saturated carbocycles. The Morgan fingerprint density at radius 3 is 3.00 bits per heavy atom. The number of fused-ring (bicyclic) bond motifs is 1. The van der Waals surface area contributed by atoms with Gasteiger partial charge < -0.3 is 10.4 Å². The van der Waals surface area contributed by atoms with Gasteiger partial charge in [0.25, 0.3) is 0 Å². The average molecular weight is 282 g/mol. The number of nitrogens with zero attached hydrogens (tertiary/aromatic N) is 1. The van der Waals surface area contributed by atoms with Gasteiger partial charge in [0.2, 0.25) is 5.91 Å². The lowest BCUT2D eigenvalue weighted by molar-refractivity contribution is -0.146. The lowest BCUT2D eigenvalue weighted by Gasteiger charge is -2.36. The number of amides is 1. The number of carboxylic acids is 1. The number of rotatable bonds is 4. The summed E-state index contributed by atoms with van der Waals surface area (Å²) in [6.45, 7) is 4.77. The number of hydrogen-bond donors (Lipinski definition) is 2. The molecule has 0 aliphatic carbocycles. The monoisotopic (exact) mass is 282 g/mol. The normalized spacial score (nSPS) is 20.6. The van der Waals surface area contributed by atoms with E-state index in [1.54, 1.807) is 23.2 Å². The van der Waals surface area contributed by atoms with Gasteiger partial charge in [-0.3, -0.25) is 14.5 Å². The van der Waals surface area contributed by atoms with E-state index in [9.17, 15) is 14.7 Å². The molecule has 6 heteroatoms. The van der Waals surface area contributed by atoms with Crippen LogP contribution in [0.2, 0.25) is 0 Å². The predicted octanol–water partition coefficient (Wildman–Crippen LogP) is 1.26. The second-order valence-electron chi connectivity index (χ2n) is 4.60. The van der Waals surface area contributed by atoms with Crippen LogP contribution in [-0.4, -0.2) is 41.0 Å².